The molecule has 1 unspecified atom stereocenters. The highest BCUT2D eigenvalue weighted by molar-refractivity contribution is 8.00. The predicted octanol–water partition coefficient (Wildman–Crippen LogP) is 4.22. The molecule has 0 aliphatic carbocycles. The van der Waals surface area contributed by atoms with Crippen molar-refractivity contribution in [2.24, 2.45) is 5.73 Å². The van der Waals surface area contributed by atoms with Crippen LogP contribution in [0.5, 0.6) is 0 Å². The van der Waals surface area contributed by atoms with Gasteiger partial charge in [0.25, 0.3) is 0 Å². The lowest BCUT2D eigenvalue weighted by Crippen LogP contribution is -2.27. The molecule has 0 aliphatic heterocycles. The topological polar surface area (TPSA) is 55.1 Å². The van der Waals surface area contributed by atoms with E-state index in [-0.39, 0.29) is 10.7 Å². The number of nitrogens with two attached hydrogens (primary N) is 1. The number of carbonyl (C=O) groups is 1. The third kappa shape index (κ3) is 4.90. The van der Waals surface area contributed by atoms with Gasteiger partial charge in [-0.1, -0.05) is 51.1 Å². The summed E-state index contributed by atoms with van der Waals surface area (Å²) in [4.78, 5) is 13.4. The summed E-state index contributed by atoms with van der Waals surface area (Å²) in [5, 5.41) is 2.86. The number of benzene rings is 2. The van der Waals surface area contributed by atoms with E-state index in [4.69, 9.17) is 5.73 Å². The maximum atomic E-state index is 12.2. The number of thioether (sulfide) groups is 1. The molecule has 0 fully saturated rings. The van der Waals surface area contributed by atoms with Crippen LogP contribution < -0.4 is 11.1 Å². The molecule has 0 aliphatic rings. The Labute approximate surface area is 136 Å². The minimum Gasteiger partial charge on any atom is -0.324 e. The molecule has 0 aromatic heterocycles. The number of amides is 1. The van der Waals surface area contributed by atoms with Crippen LogP contribution in [-0.4, -0.2) is 10.7 Å². The van der Waals surface area contributed by atoms with Gasteiger partial charge in [0, 0.05) is 15.3 Å². The second-order valence-electron chi connectivity index (χ2n) is 6.12. The van der Waals surface area contributed by atoms with Gasteiger partial charge in [-0.2, -0.15) is 0 Å². The Kier molecular flexibility index (Phi) is 5.27. The number of carbonyl (C=O) groups excluding carboxylic acids is 1. The normalized spacial score (nSPS) is 12.7. The zero-order valence-corrected chi connectivity index (χ0v) is 14.0. The molecule has 1 atom stereocenters. The van der Waals surface area contributed by atoms with Gasteiger partial charge in [-0.25, -0.2) is 0 Å². The summed E-state index contributed by atoms with van der Waals surface area (Å²) in [6, 6.07) is 16.5. The maximum absolute atomic E-state index is 12.2. The van der Waals surface area contributed by atoms with Crippen molar-refractivity contribution < 1.29 is 4.79 Å². The average Bonchev–Trinajstić information content (AvgIpc) is 2.48. The average molecular weight is 314 g/mol. The zero-order valence-electron chi connectivity index (χ0n) is 13.2. The minimum absolute atomic E-state index is 0.167. The van der Waals surface area contributed by atoms with Crippen molar-refractivity contribution in [3.8, 4) is 0 Å². The van der Waals surface area contributed by atoms with Crippen LogP contribution in [0.3, 0.4) is 0 Å². The lowest BCUT2D eigenvalue weighted by molar-refractivity contribution is -0.117. The molecule has 3 nitrogen and oxygen atoms in total. The lowest BCUT2D eigenvalue weighted by Gasteiger charge is -2.18. The van der Waals surface area contributed by atoms with Gasteiger partial charge in [0.1, 0.15) is 6.04 Å². The van der Waals surface area contributed by atoms with Crippen molar-refractivity contribution in [1.82, 2.24) is 0 Å². The highest BCUT2D eigenvalue weighted by atomic mass is 32.2. The molecular formula is C18H22N2OS. The second-order valence-corrected chi connectivity index (χ2v) is 8.02. The molecule has 0 spiro atoms. The van der Waals surface area contributed by atoms with Crippen molar-refractivity contribution in [2.75, 3.05) is 5.32 Å². The van der Waals surface area contributed by atoms with Crippen LogP contribution in [-0.2, 0) is 4.79 Å². The Morgan fingerprint density at radius 3 is 2.18 bits per heavy atom. The Bertz CT molecular complexity index is 618. The van der Waals surface area contributed by atoms with Crippen molar-refractivity contribution in [3.05, 3.63) is 60.2 Å². The SMILES string of the molecule is CC(C)(C)Sc1ccc(NC(=O)C(N)c2ccccc2)cc1. The number of rotatable bonds is 4. The van der Waals surface area contributed by atoms with Gasteiger partial charge in [0.05, 0.1) is 0 Å². The van der Waals surface area contributed by atoms with Crippen molar-refractivity contribution in [2.45, 2.75) is 36.5 Å². The highest BCUT2D eigenvalue weighted by Crippen LogP contribution is 2.32. The highest BCUT2D eigenvalue weighted by Gasteiger charge is 2.16. The first-order valence-corrected chi connectivity index (χ1v) is 8.07. The summed E-state index contributed by atoms with van der Waals surface area (Å²) in [5.74, 6) is -0.206. The monoisotopic (exact) mass is 314 g/mol. The van der Waals surface area contributed by atoms with Gasteiger partial charge in [-0.05, 0) is 29.8 Å². The van der Waals surface area contributed by atoms with Crippen LogP contribution in [0.1, 0.15) is 32.4 Å². The molecule has 116 valence electrons. The predicted molar refractivity (Wildman–Crippen MR) is 94.1 cm³/mol. The van der Waals surface area contributed by atoms with Crippen LogP contribution in [0.25, 0.3) is 0 Å². The summed E-state index contributed by atoms with van der Waals surface area (Å²) in [5.41, 5.74) is 7.55. The van der Waals surface area contributed by atoms with E-state index in [1.165, 1.54) is 4.90 Å². The quantitative estimate of drug-likeness (QED) is 0.831. The first-order chi connectivity index (χ1) is 10.3. The molecule has 2 rings (SSSR count). The molecule has 1 amide bonds. The number of anilines is 1. The smallest absolute Gasteiger partial charge is 0.245 e. The van der Waals surface area contributed by atoms with Gasteiger partial charge in [-0.15, -0.1) is 11.8 Å². The molecule has 0 bridgehead atoms. The largest absolute Gasteiger partial charge is 0.324 e. The van der Waals surface area contributed by atoms with E-state index in [1.54, 1.807) is 11.8 Å². The summed E-state index contributed by atoms with van der Waals surface area (Å²) in [7, 11) is 0. The molecule has 0 saturated carbocycles. The summed E-state index contributed by atoms with van der Waals surface area (Å²) >= 11 is 1.79. The third-order valence-electron chi connectivity index (χ3n) is 2.99. The Hall–Kier alpha value is -1.78. The Balaban J connectivity index is 2.00. The van der Waals surface area contributed by atoms with Gasteiger partial charge in [-0.3, -0.25) is 4.79 Å². The van der Waals surface area contributed by atoms with E-state index in [0.29, 0.717) is 0 Å². The van der Waals surface area contributed by atoms with E-state index >= 15 is 0 Å². The lowest BCUT2D eigenvalue weighted by atomic mass is 10.1. The van der Waals surface area contributed by atoms with Crippen molar-refractivity contribution >= 4 is 23.4 Å². The Morgan fingerprint density at radius 2 is 1.64 bits per heavy atom. The Morgan fingerprint density at radius 1 is 1.05 bits per heavy atom. The van der Waals surface area contributed by atoms with E-state index in [1.807, 2.05) is 54.6 Å². The van der Waals surface area contributed by atoms with Gasteiger partial charge >= 0.3 is 0 Å². The molecule has 2 aromatic rings. The summed E-state index contributed by atoms with van der Waals surface area (Å²) in [6.45, 7) is 6.52. The molecular weight excluding hydrogens is 292 g/mol. The molecule has 3 N–H and O–H groups in total. The fourth-order valence-corrected chi connectivity index (χ4v) is 2.97. The van der Waals surface area contributed by atoms with Crippen LogP contribution in [0.2, 0.25) is 0 Å². The standard InChI is InChI=1S/C18H22N2OS/c1-18(2,3)22-15-11-9-14(10-12-15)20-17(21)16(19)13-7-5-4-6-8-13/h4-12,16H,19H2,1-3H3,(H,20,21). The first kappa shape index (κ1) is 16.6. The third-order valence-corrected chi connectivity index (χ3v) is 4.11. The number of nitrogens with one attached hydrogen (secondary N) is 1. The molecule has 0 heterocycles. The van der Waals surface area contributed by atoms with E-state index in [2.05, 4.69) is 26.1 Å². The van der Waals surface area contributed by atoms with Crippen LogP contribution in [0.15, 0.2) is 59.5 Å². The first-order valence-electron chi connectivity index (χ1n) is 7.26. The van der Waals surface area contributed by atoms with Gasteiger partial charge in [0.15, 0.2) is 0 Å². The maximum Gasteiger partial charge on any atom is 0.245 e. The second kappa shape index (κ2) is 6.99. The molecule has 2 aromatic carbocycles. The number of hydrogen-bond donors (Lipinski definition) is 2. The minimum atomic E-state index is -0.662. The van der Waals surface area contributed by atoms with Crippen LogP contribution in [0, 0.1) is 0 Å². The summed E-state index contributed by atoms with van der Waals surface area (Å²) in [6.07, 6.45) is 0. The van der Waals surface area contributed by atoms with Crippen LogP contribution in [0.4, 0.5) is 5.69 Å². The molecule has 0 radical (unpaired) electrons. The van der Waals surface area contributed by atoms with Crippen LogP contribution >= 0.6 is 11.8 Å². The zero-order chi connectivity index (χ0) is 16.2. The molecule has 4 heteroatoms. The van der Waals surface area contributed by atoms with E-state index < -0.39 is 6.04 Å². The van der Waals surface area contributed by atoms with Gasteiger partial charge < -0.3 is 11.1 Å². The number of hydrogen-bond acceptors (Lipinski definition) is 3. The molecule has 0 saturated heterocycles. The van der Waals surface area contributed by atoms with E-state index in [9.17, 15) is 4.79 Å². The fourth-order valence-electron chi connectivity index (χ4n) is 1.99. The fraction of sp³-hybridized carbons (Fsp3) is 0.278. The molecule has 22 heavy (non-hydrogen) atoms. The van der Waals surface area contributed by atoms with E-state index in [0.717, 1.165) is 11.3 Å². The van der Waals surface area contributed by atoms with Crippen molar-refractivity contribution in [3.63, 3.8) is 0 Å². The van der Waals surface area contributed by atoms with Crippen molar-refractivity contribution in [1.29, 1.82) is 0 Å². The van der Waals surface area contributed by atoms with Gasteiger partial charge in [0.2, 0.25) is 5.91 Å². The summed E-state index contributed by atoms with van der Waals surface area (Å²) < 4.78 is 0.167.